The highest BCUT2D eigenvalue weighted by molar-refractivity contribution is 7.99. The summed E-state index contributed by atoms with van der Waals surface area (Å²) in [5.41, 5.74) is 13.5. The van der Waals surface area contributed by atoms with Gasteiger partial charge in [-0.15, -0.1) is 0 Å². The number of halogens is 2. The number of hydrogen-bond acceptors (Lipinski definition) is 7. The molecule has 2 fully saturated rings. The van der Waals surface area contributed by atoms with E-state index < -0.39 is 0 Å². The molecule has 1 aromatic carbocycles. The van der Waals surface area contributed by atoms with Gasteiger partial charge >= 0.3 is 0 Å². The molecule has 1 saturated heterocycles. The van der Waals surface area contributed by atoms with Crippen LogP contribution in [-0.4, -0.2) is 39.0 Å². The Labute approximate surface area is 205 Å². The Morgan fingerprint density at radius 2 is 2.03 bits per heavy atom. The zero-order valence-corrected chi connectivity index (χ0v) is 19.8. The second-order valence-corrected chi connectivity index (χ2v) is 10.3. The van der Waals surface area contributed by atoms with Crippen molar-refractivity contribution in [3.63, 3.8) is 0 Å². The fourth-order valence-electron chi connectivity index (χ4n) is 5.65. The maximum Gasteiger partial charge on any atom is 0.154 e. The average molecular weight is 496 g/mol. The molecule has 1 aliphatic heterocycles. The van der Waals surface area contributed by atoms with E-state index in [2.05, 4.69) is 14.9 Å². The SMILES string of the molecule is NC[C@]1(c2ccccc2F)[C@@H]2CCN(c3ncc(Sc4ccnc(N)c4Cl)n4cncc34)C[C@@H]21. The van der Waals surface area contributed by atoms with Crippen LogP contribution >= 0.6 is 23.4 Å². The summed E-state index contributed by atoms with van der Waals surface area (Å²) in [5.74, 6) is 1.68. The van der Waals surface area contributed by atoms with Crippen molar-refractivity contribution >= 4 is 40.5 Å². The maximum absolute atomic E-state index is 14.7. The molecule has 34 heavy (non-hydrogen) atoms. The van der Waals surface area contributed by atoms with Gasteiger partial charge in [0.15, 0.2) is 5.82 Å². The first-order chi connectivity index (χ1) is 16.5. The lowest BCUT2D eigenvalue weighted by atomic mass is 9.91. The Kier molecular flexibility index (Phi) is 5.16. The molecular weight excluding hydrogens is 473 g/mol. The fourth-order valence-corrected chi connectivity index (χ4v) is 6.78. The van der Waals surface area contributed by atoms with Crippen LogP contribution in [0, 0.1) is 17.7 Å². The highest BCUT2D eigenvalue weighted by atomic mass is 35.5. The van der Waals surface area contributed by atoms with Gasteiger partial charge < -0.3 is 16.4 Å². The van der Waals surface area contributed by atoms with Crippen molar-refractivity contribution in [3.8, 4) is 0 Å². The summed E-state index contributed by atoms with van der Waals surface area (Å²) in [7, 11) is 0. The molecule has 1 saturated carbocycles. The molecule has 0 radical (unpaired) electrons. The second kappa shape index (κ2) is 8.11. The minimum Gasteiger partial charge on any atom is -0.382 e. The predicted molar refractivity (Wildman–Crippen MR) is 132 cm³/mol. The van der Waals surface area contributed by atoms with Crippen molar-refractivity contribution in [2.24, 2.45) is 17.6 Å². The van der Waals surface area contributed by atoms with Crippen LogP contribution in [0.3, 0.4) is 0 Å². The van der Waals surface area contributed by atoms with Crippen LogP contribution in [-0.2, 0) is 5.41 Å². The van der Waals surface area contributed by atoms with Crippen LogP contribution in [0.4, 0.5) is 16.0 Å². The smallest absolute Gasteiger partial charge is 0.154 e. The van der Waals surface area contributed by atoms with Crippen LogP contribution in [0.1, 0.15) is 12.0 Å². The number of piperidine rings is 1. The lowest BCUT2D eigenvalue weighted by Crippen LogP contribution is -2.33. The first-order valence-electron chi connectivity index (χ1n) is 11.1. The van der Waals surface area contributed by atoms with Gasteiger partial charge in [-0.25, -0.2) is 19.3 Å². The average Bonchev–Trinajstić information content (AvgIpc) is 3.21. The van der Waals surface area contributed by atoms with Crippen molar-refractivity contribution < 1.29 is 4.39 Å². The van der Waals surface area contributed by atoms with Gasteiger partial charge in [-0.2, -0.15) is 0 Å². The number of rotatable bonds is 5. The number of benzene rings is 1. The molecule has 3 atom stereocenters. The van der Waals surface area contributed by atoms with E-state index in [1.165, 1.54) is 17.8 Å². The quantitative estimate of drug-likeness (QED) is 0.431. The van der Waals surface area contributed by atoms with Crippen molar-refractivity contribution in [1.29, 1.82) is 0 Å². The monoisotopic (exact) mass is 495 g/mol. The lowest BCUT2D eigenvalue weighted by Gasteiger charge is -2.28. The van der Waals surface area contributed by atoms with Gasteiger partial charge in [0.2, 0.25) is 0 Å². The van der Waals surface area contributed by atoms with Gasteiger partial charge in [-0.1, -0.05) is 41.6 Å². The zero-order chi connectivity index (χ0) is 23.4. The summed E-state index contributed by atoms with van der Waals surface area (Å²) < 4.78 is 16.7. The van der Waals surface area contributed by atoms with Gasteiger partial charge in [0, 0.05) is 36.1 Å². The predicted octanol–water partition coefficient (Wildman–Crippen LogP) is 4.00. The highest BCUT2D eigenvalue weighted by Crippen LogP contribution is 2.63. The van der Waals surface area contributed by atoms with Gasteiger partial charge in [0.1, 0.15) is 28.5 Å². The number of hydrogen-bond donors (Lipinski definition) is 2. The van der Waals surface area contributed by atoms with E-state index in [0.717, 1.165) is 46.3 Å². The molecule has 4 N–H and O–H groups in total. The molecule has 174 valence electrons. The number of nitrogens with zero attached hydrogens (tertiary/aromatic N) is 5. The minimum atomic E-state index is -0.301. The molecule has 4 heterocycles. The summed E-state index contributed by atoms with van der Waals surface area (Å²) in [6.07, 6.45) is 8.00. The summed E-state index contributed by atoms with van der Waals surface area (Å²) in [6.45, 7) is 2.06. The first kappa shape index (κ1) is 21.6. The highest BCUT2D eigenvalue weighted by Gasteiger charge is 2.66. The number of nitrogen functional groups attached to an aromatic ring is 1. The Balaban J connectivity index is 1.31. The summed E-state index contributed by atoms with van der Waals surface area (Å²) >= 11 is 7.81. The topological polar surface area (TPSA) is 98.4 Å². The molecule has 0 spiro atoms. The Morgan fingerprint density at radius 1 is 1.18 bits per heavy atom. The molecule has 0 bridgehead atoms. The number of pyridine rings is 1. The lowest BCUT2D eigenvalue weighted by molar-refractivity contribution is 0.533. The van der Waals surface area contributed by atoms with Crippen molar-refractivity contribution in [1.82, 2.24) is 19.4 Å². The molecular formula is C24H23ClFN7S. The Hall–Kier alpha value is -2.88. The van der Waals surface area contributed by atoms with E-state index in [1.54, 1.807) is 18.6 Å². The third-order valence-electron chi connectivity index (χ3n) is 7.34. The summed E-state index contributed by atoms with van der Waals surface area (Å²) in [4.78, 5) is 16.3. The number of imidazole rings is 1. The minimum absolute atomic E-state index is 0.165. The van der Waals surface area contributed by atoms with Gasteiger partial charge in [-0.05, 0) is 36.0 Å². The van der Waals surface area contributed by atoms with Gasteiger partial charge in [-0.3, -0.25) is 4.40 Å². The number of anilines is 2. The third-order valence-corrected chi connectivity index (χ3v) is 8.92. The zero-order valence-electron chi connectivity index (χ0n) is 18.2. The molecule has 6 rings (SSSR count). The van der Waals surface area contributed by atoms with E-state index >= 15 is 0 Å². The number of fused-ring (bicyclic) bond motifs is 2. The molecule has 4 aromatic rings. The number of aromatic nitrogens is 4. The Morgan fingerprint density at radius 3 is 2.85 bits per heavy atom. The van der Waals surface area contributed by atoms with Crippen LogP contribution < -0.4 is 16.4 Å². The molecule has 2 aliphatic rings. The van der Waals surface area contributed by atoms with Gasteiger partial charge in [0.05, 0.1) is 17.4 Å². The summed E-state index contributed by atoms with van der Waals surface area (Å²) in [5, 5.41) is 1.29. The first-order valence-corrected chi connectivity index (χ1v) is 12.3. The van der Waals surface area contributed by atoms with E-state index in [4.69, 9.17) is 28.1 Å². The van der Waals surface area contributed by atoms with E-state index in [0.29, 0.717) is 29.2 Å². The molecule has 10 heteroatoms. The maximum atomic E-state index is 14.7. The molecule has 0 unspecified atom stereocenters. The fraction of sp³-hybridized carbons (Fsp3) is 0.292. The van der Waals surface area contributed by atoms with E-state index in [9.17, 15) is 4.39 Å². The van der Waals surface area contributed by atoms with Crippen LogP contribution in [0.15, 0.2) is 65.2 Å². The van der Waals surface area contributed by atoms with Crippen molar-refractivity contribution in [2.75, 3.05) is 30.3 Å². The standard InChI is InChI=1S/C24H23ClFN7S/c25-21-19(5-7-30-22(21)28)34-20-10-31-23(18-9-29-13-33(18)20)32-8-6-14-16(11-32)24(14,12-27)15-3-1-2-4-17(15)26/h1-5,7,9-10,13-14,16H,6,8,11-12,27H2,(H2,28,30)/t14-,16+,24-/m1/s1. The largest absolute Gasteiger partial charge is 0.382 e. The molecule has 1 aliphatic carbocycles. The van der Waals surface area contributed by atoms with Crippen LogP contribution in [0.25, 0.3) is 5.52 Å². The normalized spacial score (nSPS) is 23.8. The molecule has 0 amide bonds. The molecule has 3 aromatic heterocycles. The van der Waals surface area contributed by atoms with Gasteiger partial charge in [0.25, 0.3) is 0 Å². The molecule has 7 nitrogen and oxygen atoms in total. The van der Waals surface area contributed by atoms with E-state index in [1.807, 2.05) is 35.0 Å². The summed E-state index contributed by atoms with van der Waals surface area (Å²) in [6, 6.07) is 8.88. The van der Waals surface area contributed by atoms with Crippen molar-refractivity contribution in [3.05, 3.63) is 71.7 Å². The Bertz CT molecular complexity index is 1400. The van der Waals surface area contributed by atoms with Crippen molar-refractivity contribution in [2.45, 2.75) is 21.8 Å². The van der Waals surface area contributed by atoms with Crippen LogP contribution in [0.5, 0.6) is 0 Å². The van der Waals surface area contributed by atoms with Crippen LogP contribution in [0.2, 0.25) is 5.02 Å². The number of nitrogens with two attached hydrogens (primary N) is 2. The second-order valence-electron chi connectivity index (χ2n) is 8.85. The third kappa shape index (κ3) is 3.18. The van der Waals surface area contributed by atoms with E-state index in [-0.39, 0.29) is 11.2 Å².